The second-order valence-electron chi connectivity index (χ2n) is 6.52. The van der Waals surface area contributed by atoms with Crippen LogP contribution in [0.4, 0.5) is 0 Å². The van der Waals surface area contributed by atoms with Gasteiger partial charge in [-0.1, -0.05) is 36.0 Å². The van der Waals surface area contributed by atoms with E-state index in [1.165, 1.54) is 17.3 Å². The van der Waals surface area contributed by atoms with Gasteiger partial charge in [0.1, 0.15) is 5.75 Å². The molecule has 7 heteroatoms. The topological polar surface area (TPSA) is 68.5 Å². The van der Waals surface area contributed by atoms with Gasteiger partial charge in [-0.3, -0.25) is 4.79 Å². The zero-order valence-corrected chi connectivity index (χ0v) is 17.2. The van der Waals surface area contributed by atoms with Gasteiger partial charge < -0.3 is 14.1 Å². The maximum absolute atomic E-state index is 12.5. The molecule has 3 rings (SSSR count). The van der Waals surface area contributed by atoms with Crippen LogP contribution in [0.25, 0.3) is 11.5 Å². The number of amides is 1. The SMILES string of the molecule is COc1ccccc1CN(C)C(=O)CSc1nnc(-c2ccc(C)c(C)c2)o1. The Hall–Kier alpha value is -2.80. The van der Waals surface area contributed by atoms with Crippen molar-refractivity contribution < 1.29 is 13.9 Å². The standard InChI is InChI=1S/C21H23N3O3S/c1-14-9-10-16(11-15(14)2)20-22-23-21(27-20)28-13-19(25)24(3)12-17-7-5-6-8-18(17)26-4/h5-11H,12-13H2,1-4H3. The lowest BCUT2D eigenvalue weighted by Gasteiger charge is -2.18. The number of rotatable bonds is 7. The number of hydrogen-bond acceptors (Lipinski definition) is 6. The van der Waals surface area contributed by atoms with Crippen molar-refractivity contribution in [3.8, 4) is 17.2 Å². The molecule has 0 N–H and O–H groups in total. The molecule has 28 heavy (non-hydrogen) atoms. The van der Waals surface area contributed by atoms with Gasteiger partial charge in [0, 0.05) is 24.7 Å². The Morgan fingerprint density at radius 2 is 1.93 bits per heavy atom. The summed E-state index contributed by atoms with van der Waals surface area (Å²) in [6.07, 6.45) is 0. The van der Waals surface area contributed by atoms with Crippen LogP contribution in [0.15, 0.2) is 52.1 Å². The number of aromatic nitrogens is 2. The van der Waals surface area contributed by atoms with Gasteiger partial charge in [-0.15, -0.1) is 10.2 Å². The normalized spacial score (nSPS) is 10.7. The van der Waals surface area contributed by atoms with Crippen LogP contribution in [0.1, 0.15) is 16.7 Å². The molecular weight excluding hydrogens is 374 g/mol. The summed E-state index contributed by atoms with van der Waals surface area (Å²) in [5, 5.41) is 8.52. The maximum Gasteiger partial charge on any atom is 0.277 e. The Bertz CT molecular complexity index is 971. The molecule has 6 nitrogen and oxygen atoms in total. The Morgan fingerprint density at radius 3 is 2.68 bits per heavy atom. The van der Waals surface area contributed by atoms with Gasteiger partial charge in [0.2, 0.25) is 11.8 Å². The molecule has 0 atom stereocenters. The number of ether oxygens (including phenoxy) is 1. The van der Waals surface area contributed by atoms with Gasteiger partial charge >= 0.3 is 0 Å². The van der Waals surface area contributed by atoms with Gasteiger partial charge in [-0.05, 0) is 43.2 Å². The lowest BCUT2D eigenvalue weighted by molar-refractivity contribution is -0.127. The predicted molar refractivity (Wildman–Crippen MR) is 109 cm³/mol. The average molecular weight is 398 g/mol. The highest BCUT2D eigenvalue weighted by molar-refractivity contribution is 7.99. The molecule has 0 radical (unpaired) electrons. The quantitative estimate of drug-likeness (QED) is 0.559. The molecule has 1 aromatic heterocycles. The van der Waals surface area contributed by atoms with Gasteiger partial charge in [0.25, 0.3) is 5.22 Å². The van der Waals surface area contributed by atoms with Gasteiger partial charge in [0.15, 0.2) is 0 Å². The zero-order valence-electron chi connectivity index (χ0n) is 16.4. The van der Waals surface area contributed by atoms with Crippen molar-refractivity contribution >= 4 is 17.7 Å². The van der Waals surface area contributed by atoms with Crippen LogP contribution in [0.2, 0.25) is 0 Å². The van der Waals surface area contributed by atoms with Crippen LogP contribution in [0.3, 0.4) is 0 Å². The third-order valence-corrected chi connectivity index (χ3v) is 5.31. The highest BCUT2D eigenvalue weighted by Crippen LogP contribution is 2.25. The molecule has 1 amide bonds. The van der Waals surface area contributed by atoms with Crippen LogP contribution in [0.5, 0.6) is 5.75 Å². The van der Waals surface area contributed by atoms with E-state index in [4.69, 9.17) is 9.15 Å². The van der Waals surface area contributed by atoms with E-state index >= 15 is 0 Å². The smallest absolute Gasteiger partial charge is 0.277 e. The molecule has 0 unspecified atom stereocenters. The van der Waals surface area contributed by atoms with Crippen LogP contribution in [0, 0.1) is 13.8 Å². The number of methoxy groups -OCH3 is 1. The van der Waals surface area contributed by atoms with Crippen molar-refractivity contribution in [2.24, 2.45) is 0 Å². The van der Waals surface area contributed by atoms with E-state index in [1.54, 1.807) is 19.1 Å². The van der Waals surface area contributed by atoms with Crippen molar-refractivity contribution in [3.63, 3.8) is 0 Å². The number of thioether (sulfide) groups is 1. The summed E-state index contributed by atoms with van der Waals surface area (Å²) in [4.78, 5) is 14.1. The van der Waals surface area contributed by atoms with Crippen molar-refractivity contribution in [1.82, 2.24) is 15.1 Å². The van der Waals surface area contributed by atoms with Gasteiger partial charge in [-0.2, -0.15) is 0 Å². The summed E-state index contributed by atoms with van der Waals surface area (Å²) < 4.78 is 11.0. The molecule has 0 aliphatic carbocycles. The highest BCUT2D eigenvalue weighted by Gasteiger charge is 2.15. The van der Waals surface area contributed by atoms with Crippen molar-refractivity contribution in [2.45, 2.75) is 25.6 Å². The molecule has 0 aliphatic rings. The predicted octanol–water partition coefficient (Wildman–Crippen LogP) is 4.11. The first-order valence-corrected chi connectivity index (χ1v) is 9.86. The van der Waals surface area contributed by atoms with Crippen LogP contribution >= 0.6 is 11.8 Å². The zero-order chi connectivity index (χ0) is 20.1. The molecule has 0 saturated carbocycles. The molecule has 0 aliphatic heterocycles. The van der Waals surface area contributed by atoms with E-state index in [0.29, 0.717) is 17.7 Å². The summed E-state index contributed by atoms with van der Waals surface area (Å²) in [5.74, 6) is 1.42. The third-order valence-electron chi connectivity index (χ3n) is 4.51. The summed E-state index contributed by atoms with van der Waals surface area (Å²) >= 11 is 1.24. The van der Waals surface area contributed by atoms with E-state index in [-0.39, 0.29) is 11.7 Å². The summed E-state index contributed by atoms with van der Waals surface area (Å²) in [6, 6.07) is 13.7. The molecule has 2 aromatic carbocycles. The number of carbonyl (C=O) groups excluding carboxylic acids is 1. The first-order chi connectivity index (χ1) is 13.5. The first-order valence-electron chi connectivity index (χ1n) is 8.87. The fourth-order valence-corrected chi connectivity index (χ4v) is 3.37. The molecular formula is C21H23N3O3S. The van der Waals surface area contributed by atoms with E-state index in [1.807, 2.05) is 49.4 Å². The first kappa shape index (κ1) is 19.9. The van der Waals surface area contributed by atoms with Crippen molar-refractivity contribution in [1.29, 1.82) is 0 Å². The molecule has 0 saturated heterocycles. The number of nitrogens with zero attached hydrogens (tertiary/aromatic N) is 3. The Kier molecular flexibility index (Phi) is 6.36. The van der Waals surface area contributed by atoms with Crippen molar-refractivity contribution in [3.05, 3.63) is 59.2 Å². The van der Waals surface area contributed by atoms with Gasteiger partial charge in [0.05, 0.1) is 12.9 Å². The molecule has 146 valence electrons. The summed E-state index contributed by atoms with van der Waals surface area (Å²) in [6.45, 7) is 4.57. The van der Waals surface area contributed by atoms with Crippen LogP contribution in [-0.4, -0.2) is 40.9 Å². The molecule has 0 spiro atoms. The average Bonchev–Trinajstić information content (AvgIpc) is 3.17. The summed E-state index contributed by atoms with van der Waals surface area (Å²) in [5.41, 5.74) is 4.21. The van der Waals surface area contributed by atoms with E-state index in [9.17, 15) is 4.79 Å². The van der Waals surface area contributed by atoms with Crippen molar-refractivity contribution in [2.75, 3.05) is 19.9 Å². The lowest BCUT2D eigenvalue weighted by Crippen LogP contribution is -2.28. The van der Waals surface area contributed by atoms with E-state index < -0.39 is 0 Å². The number of carbonyl (C=O) groups is 1. The highest BCUT2D eigenvalue weighted by atomic mass is 32.2. The summed E-state index contributed by atoms with van der Waals surface area (Å²) in [7, 11) is 3.39. The van der Waals surface area contributed by atoms with E-state index in [0.717, 1.165) is 22.4 Å². The fourth-order valence-electron chi connectivity index (χ4n) is 2.67. The molecule has 1 heterocycles. The van der Waals surface area contributed by atoms with Crippen LogP contribution < -0.4 is 4.74 Å². The third kappa shape index (κ3) is 4.72. The van der Waals surface area contributed by atoms with E-state index in [2.05, 4.69) is 17.1 Å². The second kappa shape index (κ2) is 8.93. The molecule has 0 fully saturated rings. The minimum atomic E-state index is -0.0261. The number of para-hydroxylation sites is 1. The maximum atomic E-state index is 12.5. The Morgan fingerprint density at radius 1 is 1.14 bits per heavy atom. The lowest BCUT2D eigenvalue weighted by atomic mass is 10.1. The monoisotopic (exact) mass is 397 g/mol. The number of hydrogen-bond donors (Lipinski definition) is 0. The van der Waals surface area contributed by atoms with Crippen LogP contribution in [-0.2, 0) is 11.3 Å². The Balaban J connectivity index is 1.58. The fraction of sp³-hybridized carbons (Fsp3) is 0.286. The number of benzene rings is 2. The molecule has 3 aromatic rings. The molecule has 0 bridgehead atoms. The minimum Gasteiger partial charge on any atom is -0.496 e. The second-order valence-corrected chi connectivity index (χ2v) is 7.45. The number of aryl methyl sites for hydroxylation is 2. The minimum absolute atomic E-state index is 0.0261. The van der Waals surface area contributed by atoms with Gasteiger partial charge in [-0.25, -0.2) is 0 Å². The Labute approximate surface area is 168 Å². The largest absolute Gasteiger partial charge is 0.496 e.